The van der Waals surface area contributed by atoms with Crippen LogP contribution in [-0.4, -0.2) is 24.6 Å². The number of nitrogens with zero attached hydrogens (tertiary/aromatic N) is 2. The van der Waals surface area contributed by atoms with Crippen LogP contribution in [0, 0.1) is 5.82 Å². The highest BCUT2D eigenvalue weighted by molar-refractivity contribution is 7.90. The molecular weight excluding hydrogens is 243 g/mol. The van der Waals surface area contributed by atoms with Crippen LogP contribution in [0.4, 0.5) is 4.39 Å². The summed E-state index contributed by atoms with van der Waals surface area (Å²) in [6.45, 7) is 0. The first-order valence-electron chi connectivity index (χ1n) is 4.76. The summed E-state index contributed by atoms with van der Waals surface area (Å²) in [5.41, 5.74) is 1.08. The van der Waals surface area contributed by atoms with E-state index in [4.69, 9.17) is 0 Å². The molecule has 0 N–H and O–H groups in total. The maximum absolute atomic E-state index is 12.7. The van der Waals surface area contributed by atoms with E-state index in [-0.39, 0.29) is 11.0 Å². The molecule has 1 aromatic carbocycles. The number of hydrogen-bond acceptors (Lipinski definition) is 4. The Hall–Kier alpha value is -1.82. The first-order valence-corrected chi connectivity index (χ1v) is 6.65. The quantitative estimate of drug-likeness (QED) is 0.763. The van der Waals surface area contributed by atoms with Crippen molar-refractivity contribution in [2.45, 2.75) is 5.16 Å². The minimum atomic E-state index is -3.44. The summed E-state index contributed by atoms with van der Waals surface area (Å²) in [5, 5.41) is -0.237. The van der Waals surface area contributed by atoms with Crippen LogP contribution in [0.2, 0.25) is 0 Å². The van der Waals surface area contributed by atoms with Crippen LogP contribution in [0.1, 0.15) is 0 Å². The zero-order valence-electron chi connectivity index (χ0n) is 8.96. The molecule has 0 saturated carbocycles. The molecule has 6 heteroatoms. The molecule has 0 aliphatic rings. The lowest BCUT2D eigenvalue weighted by molar-refractivity contribution is 0.593. The second-order valence-corrected chi connectivity index (χ2v) is 5.41. The van der Waals surface area contributed by atoms with Crippen LogP contribution in [0.5, 0.6) is 0 Å². The number of rotatable bonds is 2. The van der Waals surface area contributed by atoms with Gasteiger partial charge in [-0.15, -0.1) is 0 Å². The van der Waals surface area contributed by atoms with Gasteiger partial charge in [-0.2, -0.15) is 0 Å². The Balaban J connectivity index is 2.50. The monoisotopic (exact) mass is 252 g/mol. The SMILES string of the molecule is CS(=O)(=O)c1nccc(-c2ccc(F)cc2)n1. The molecule has 2 aromatic rings. The molecule has 88 valence electrons. The van der Waals surface area contributed by atoms with E-state index >= 15 is 0 Å². The second-order valence-electron chi connectivity index (χ2n) is 3.50. The van der Waals surface area contributed by atoms with Gasteiger partial charge in [-0.3, -0.25) is 0 Å². The zero-order valence-corrected chi connectivity index (χ0v) is 9.78. The Bertz CT molecular complexity index is 639. The summed E-state index contributed by atoms with van der Waals surface area (Å²) in [6, 6.07) is 7.21. The van der Waals surface area contributed by atoms with Crippen molar-refractivity contribution < 1.29 is 12.8 Å². The molecule has 4 nitrogen and oxygen atoms in total. The molecule has 17 heavy (non-hydrogen) atoms. The lowest BCUT2D eigenvalue weighted by atomic mass is 10.1. The molecule has 0 fully saturated rings. The summed E-state index contributed by atoms with van der Waals surface area (Å²) in [7, 11) is -3.44. The normalized spacial score (nSPS) is 11.4. The molecule has 0 bridgehead atoms. The van der Waals surface area contributed by atoms with Crippen molar-refractivity contribution in [1.29, 1.82) is 0 Å². The van der Waals surface area contributed by atoms with Gasteiger partial charge in [-0.25, -0.2) is 22.8 Å². The van der Waals surface area contributed by atoms with Crippen LogP contribution in [0.3, 0.4) is 0 Å². The molecule has 0 saturated heterocycles. The smallest absolute Gasteiger partial charge is 0.227 e. The van der Waals surface area contributed by atoms with Crippen LogP contribution in [-0.2, 0) is 9.84 Å². The topological polar surface area (TPSA) is 59.9 Å². The van der Waals surface area contributed by atoms with Gasteiger partial charge in [0.1, 0.15) is 5.82 Å². The van der Waals surface area contributed by atoms with E-state index in [9.17, 15) is 12.8 Å². The van der Waals surface area contributed by atoms with Crippen molar-refractivity contribution in [2.24, 2.45) is 0 Å². The average molecular weight is 252 g/mol. The van der Waals surface area contributed by atoms with Gasteiger partial charge in [0.05, 0.1) is 5.69 Å². The van der Waals surface area contributed by atoms with Crippen LogP contribution < -0.4 is 0 Å². The summed E-state index contributed by atoms with van der Waals surface area (Å²) in [6.07, 6.45) is 2.40. The van der Waals surface area contributed by atoms with Crippen molar-refractivity contribution in [3.05, 3.63) is 42.3 Å². The fourth-order valence-electron chi connectivity index (χ4n) is 1.30. The third-order valence-corrected chi connectivity index (χ3v) is 2.97. The Morgan fingerprint density at radius 1 is 1.12 bits per heavy atom. The molecule has 1 aromatic heterocycles. The minimum absolute atomic E-state index is 0.237. The standard InChI is InChI=1S/C11H9FN2O2S/c1-17(15,16)11-13-7-6-10(14-11)8-2-4-9(12)5-3-8/h2-7H,1H3. The number of benzene rings is 1. The first-order chi connectivity index (χ1) is 7.97. The summed E-state index contributed by atoms with van der Waals surface area (Å²) in [4.78, 5) is 7.60. The third kappa shape index (κ3) is 2.65. The highest BCUT2D eigenvalue weighted by Crippen LogP contribution is 2.17. The molecule has 0 radical (unpaired) electrons. The minimum Gasteiger partial charge on any atom is -0.227 e. The zero-order chi connectivity index (χ0) is 12.5. The molecular formula is C11H9FN2O2S. The van der Waals surface area contributed by atoms with E-state index in [1.54, 1.807) is 6.07 Å². The van der Waals surface area contributed by atoms with Crippen molar-refractivity contribution in [3.8, 4) is 11.3 Å². The molecule has 0 amide bonds. The summed E-state index contributed by atoms with van der Waals surface area (Å²) >= 11 is 0. The largest absolute Gasteiger partial charge is 0.247 e. The van der Waals surface area contributed by atoms with E-state index in [1.165, 1.54) is 30.5 Å². The maximum atomic E-state index is 12.7. The highest BCUT2D eigenvalue weighted by atomic mass is 32.2. The molecule has 2 rings (SSSR count). The second kappa shape index (κ2) is 4.21. The lowest BCUT2D eigenvalue weighted by Crippen LogP contribution is -2.04. The molecule has 0 aliphatic heterocycles. The number of sulfone groups is 1. The highest BCUT2D eigenvalue weighted by Gasteiger charge is 2.11. The Labute approximate surface area is 98.1 Å². The van der Waals surface area contributed by atoms with E-state index in [2.05, 4.69) is 9.97 Å². The molecule has 1 heterocycles. The summed E-state index contributed by atoms with van der Waals surface area (Å²) in [5.74, 6) is -0.355. The maximum Gasteiger partial charge on any atom is 0.247 e. The van der Waals surface area contributed by atoms with Gasteiger partial charge in [-0.1, -0.05) is 0 Å². The predicted molar refractivity (Wildman–Crippen MR) is 60.5 cm³/mol. The fourth-order valence-corrected chi connectivity index (χ4v) is 1.82. The van der Waals surface area contributed by atoms with Crippen LogP contribution in [0.15, 0.2) is 41.7 Å². The van der Waals surface area contributed by atoms with Gasteiger partial charge in [0.15, 0.2) is 0 Å². The van der Waals surface area contributed by atoms with Crippen molar-refractivity contribution in [1.82, 2.24) is 9.97 Å². The average Bonchev–Trinajstić information content (AvgIpc) is 2.29. The molecule has 0 spiro atoms. The third-order valence-electron chi connectivity index (χ3n) is 2.11. The molecule has 0 unspecified atom stereocenters. The van der Waals surface area contributed by atoms with Crippen LogP contribution in [0.25, 0.3) is 11.3 Å². The molecule has 0 aliphatic carbocycles. The van der Waals surface area contributed by atoms with Gasteiger partial charge in [0.25, 0.3) is 0 Å². The van der Waals surface area contributed by atoms with Crippen molar-refractivity contribution >= 4 is 9.84 Å². The van der Waals surface area contributed by atoms with E-state index in [1.807, 2.05) is 0 Å². The lowest BCUT2D eigenvalue weighted by Gasteiger charge is -2.02. The van der Waals surface area contributed by atoms with E-state index < -0.39 is 9.84 Å². The van der Waals surface area contributed by atoms with Gasteiger partial charge >= 0.3 is 0 Å². The summed E-state index contributed by atoms with van der Waals surface area (Å²) < 4.78 is 35.3. The molecule has 0 atom stereocenters. The van der Waals surface area contributed by atoms with Gasteiger partial charge in [0, 0.05) is 18.0 Å². The van der Waals surface area contributed by atoms with Gasteiger partial charge in [0.2, 0.25) is 15.0 Å². The number of halogens is 1. The number of hydrogen-bond donors (Lipinski definition) is 0. The fraction of sp³-hybridized carbons (Fsp3) is 0.0909. The van der Waals surface area contributed by atoms with Gasteiger partial charge in [-0.05, 0) is 30.3 Å². The Morgan fingerprint density at radius 3 is 2.35 bits per heavy atom. The van der Waals surface area contributed by atoms with Gasteiger partial charge < -0.3 is 0 Å². The number of aromatic nitrogens is 2. The van der Waals surface area contributed by atoms with Crippen molar-refractivity contribution in [2.75, 3.05) is 6.26 Å². The van der Waals surface area contributed by atoms with Crippen LogP contribution >= 0.6 is 0 Å². The Kier molecular flexibility index (Phi) is 2.89. The van der Waals surface area contributed by atoms with E-state index in [0.717, 1.165) is 6.26 Å². The van der Waals surface area contributed by atoms with Crippen molar-refractivity contribution in [3.63, 3.8) is 0 Å². The van der Waals surface area contributed by atoms with E-state index in [0.29, 0.717) is 11.3 Å². The Morgan fingerprint density at radius 2 is 1.76 bits per heavy atom. The first kappa shape index (κ1) is 11.7. The predicted octanol–water partition coefficient (Wildman–Crippen LogP) is 1.69.